The molecule has 3 nitrogen and oxygen atoms in total. The van der Waals surface area contributed by atoms with Gasteiger partial charge in [-0.25, -0.2) is 0 Å². The summed E-state index contributed by atoms with van der Waals surface area (Å²) in [5.41, 5.74) is 1.31. The van der Waals surface area contributed by atoms with E-state index in [4.69, 9.17) is 4.74 Å². The van der Waals surface area contributed by atoms with Gasteiger partial charge in [-0.2, -0.15) is 0 Å². The molecule has 0 aliphatic heterocycles. The molecule has 0 amide bonds. The molecular weight excluding hydrogens is 238 g/mol. The Bertz CT molecular complexity index is 407. The van der Waals surface area contributed by atoms with Crippen LogP contribution in [0.5, 0.6) is 5.75 Å². The van der Waals surface area contributed by atoms with Crippen LogP contribution < -0.4 is 10.1 Å². The largest absolute Gasteiger partial charge is 0.491 e. The molecule has 0 aromatic heterocycles. The number of aliphatic hydroxyl groups excluding tert-OH is 1. The Morgan fingerprint density at radius 2 is 2.00 bits per heavy atom. The highest BCUT2D eigenvalue weighted by molar-refractivity contribution is 5.38. The number of para-hydroxylation sites is 1. The van der Waals surface area contributed by atoms with Crippen molar-refractivity contribution < 1.29 is 9.84 Å². The summed E-state index contributed by atoms with van der Waals surface area (Å²) in [5, 5.41) is 13.2. The van der Waals surface area contributed by atoms with Crippen molar-refractivity contribution in [3.8, 4) is 5.75 Å². The number of nitrogens with one attached hydrogen (secondary N) is 1. The highest BCUT2D eigenvalue weighted by Crippen LogP contribution is 2.44. The van der Waals surface area contributed by atoms with Crippen molar-refractivity contribution in [1.29, 1.82) is 0 Å². The van der Waals surface area contributed by atoms with Gasteiger partial charge < -0.3 is 15.2 Å². The fourth-order valence-corrected chi connectivity index (χ4v) is 2.01. The van der Waals surface area contributed by atoms with E-state index in [0.717, 1.165) is 5.75 Å². The molecule has 0 saturated heterocycles. The maximum absolute atomic E-state index is 9.93. The number of ether oxygens (including phenoxy) is 1. The topological polar surface area (TPSA) is 41.5 Å². The number of benzene rings is 1. The quantitative estimate of drug-likeness (QED) is 0.829. The molecule has 0 bridgehead atoms. The molecule has 1 aromatic carbocycles. The summed E-state index contributed by atoms with van der Waals surface area (Å²) in [6.07, 6.45) is 2.04. The maximum Gasteiger partial charge on any atom is 0.122 e. The molecule has 1 atom stereocenters. The third kappa shape index (κ3) is 4.84. The molecule has 19 heavy (non-hydrogen) atoms. The first kappa shape index (κ1) is 14.4. The smallest absolute Gasteiger partial charge is 0.122 e. The highest BCUT2D eigenvalue weighted by atomic mass is 16.5. The van der Waals surface area contributed by atoms with Crippen molar-refractivity contribution in [1.82, 2.24) is 5.32 Å². The predicted octanol–water partition coefficient (Wildman–Crippen LogP) is 2.69. The standard InChI is InChI=1S/C16H25NO2/c1-16(2,3)17-10-13(18)11-19-15-7-5-4-6-14(15)12-8-9-12/h4-7,12-13,17-18H,8-11H2,1-3H3. The van der Waals surface area contributed by atoms with Crippen LogP contribution in [0.2, 0.25) is 0 Å². The lowest BCUT2D eigenvalue weighted by molar-refractivity contribution is 0.0996. The van der Waals surface area contributed by atoms with Crippen LogP contribution >= 0.6 is 0 Å². The number of hydrogen-bond acceptors (Lipinski definition) is 3. The minimum absolute atomic E-state index is 0.0207. The molecule has 1 aliphatic rings. The molecule has 1 fully saturated rings. The van der Waals surface area contributed by atoms with E-state index in [-0.39, 0.29) is 5.54 Å². The van der Waals surface area contributed by atoms with E-state index in [1.165, 1.54) is 18.4 Å². The molecule has 1 aromatic rings. The maximum atomic E-state index is 9.93. The third-order valence-electron chi connectivity index (χ3n) is 3.24. The number of rotatable bonds is 6. The molecule has 3 heteroatoms. The first-order chi connectivity index (χ1) is 8.96. The van der Waals surface area contributed by atoms with E-state index in [1.54, 1.807) is 0 Å². The van der Waals surface area contributed by atoms with Crippen molar-refractivity contribution in [2.45, 2.75) is 51.2 Å². The van der Waals surface area contributed by atoms with E-state index in [1.807, 2.05) is 12.1 Å². The van der Waals surface area contributed by atoms with Crippen LogP contribution in [-0.2, 0) is 0 Å². The summed E-state index contributed by atoms with van der Waals surface area (Å²) in [4.78, 5) is 0. The Morgan fingerprint density at radius 1 is 1.32 bits per heavy atom. The molecule has 2 rings (SSSR count). The van der Waals surface area contributed by atoms with Gasteiger partial charge in [-0.3, -0.25) is 0 Å². The molecule has 2 N–H and O–H groups in total. The second kappa shape index (κ2) is 5.93. The molecule has 1 unspecified atom stereocenters. The van der Waals surface area contributed by atoms with Crippen LogP contribution in [0.4, 0.5) is 0 Å². The molecular formula is C16H25NO2. The second-order valence-electron chi connectivity index (χ2n) is 6.41. The van der Waals surface area contributed by atoms with Gasteiger partial charge in [-0.05, 0) is 51.2 Å². The second-order valence-corrected chi connectivity index (χ2v) is 6.41. The van der Waals surface area contributed by atoms with Gasteiger partial charge in [0.2, 0.25) is 0 Å². The monoisotopic (exact) mass is 263 g/mol. The number of β-amino-alcohol motifs (C(OH)–C–C–N with tert-alkyl or cyclic N) is 1. The molecule has 1 saturated carbocycles. The third-order valence-corrected chi connectivity index (χ3v) is 3.24. The Kier molecular flexibility index (Phi) is 4.48. The zero-order valence-corrected chi connectivity index (χ0v) is 12.1. The number of aliphatic hydroxyl groups is 1. The van der Waals surface area contributed by atoms with Gasteiger partial charge in [0.15, 0.2) is 0 Å². The van der Waals surface area contributed by atoms with E-state index >= 15 is 0 Å². The van der Waals surface area contributed by atoms with E-state index in [0.29, 0.717) is 19.1 Å². The SMILES string of the molecule is CC(C)(C)NCC(O)COc1ccccc1C1CC1. The number of hydrogen-bond donors (Lipinski definition) is 2. The van der Waals surface area contributed by atoms with Crippen LogP contribution in [0, 0.1) is 0 Å². The van der Waals surface area contributed by atoms with E-state index in [9.17, 15) is 5.11 Å². The average molecular weight is 263 g/mol. The molecule has 0 spiro atoms. The Morgan fingerprint density at radius 3 is 2.63 bits per heavy atom. The first-order valence-electron chi connectivity index (χ1n) is 7.10. The highest BCUT2D eigenvalue weighted by Gasteiger charge is 2.26. The summed E-state index contributed by atoms with van der Waals surface area (Å²) in [6, 6.07) is 8.17. The summed E-state index contributed by atoms with van der Waals surface area (Å²) < 4.78 is 5.78. The fourth-order valence-electron chi connectivity index (χ4n) is 2.01. The minimum Gasteiger partial charge on any atom is -0.491 e. The van der Waals surface area contributed by atoms with Crippen LogP contribution in [0.25, 0.3) is 0 Å². The Labute approximate surface area is 116 Å². The fraction of sp³-hybridized carbons (Fsp3) is 0.625. The first-order valence-corrected chi connectivity index (χ1v) is 7.10. The van der Waals surface area contributed by atoms with Crippen molar-refractivity contribution >= 4 is 0 Å². The minimum atomic E-state index is -0.480. The van der Waals surface area contributed by atoms with Crippen LogP contribution in [-0.4, -0.2) is 29.9 Å². The van der Waals surface area contributed by atoms with Gasteiger partial charge in [-0.1, -0.05) is 18.2 Å². The Balaban J connectivity index is 1.81. The van der Waals surface area contributed by atoms with Gasteiger partial charge in [0.1, 0.15) is 18.5 Å². The summed E-state index contributed by atoms with van der Waals surface area (Å²) in [5.74, 6) is 1.60. The zero-order chi connectivity index (χ0) is 13.9. The van der Waals surface area contributed by atoms with E-state index in [2.05, 4.69) is 38.2 Å². The van der Waals surface area contributed by atoms with Crippen molar-refractivity contribution in [3.05, 3.63) is 29.8 Å². The van der Waals surface area contributed by atoms with Gasteiger partial charge in [0, 0.05) is 12.1 Å². The molecule has 0 heterocycles. The van der Waals surface area contributed by atoms with E-state index < -0.39 is 6.10 Å². The van der Waals surface area contributed by atoms with Gasteiger partial charge >= 0.3 is 0 Å². The molecule has 106 valence electrons. The van der Waals surface area contributed by atoms with Gasteiger partial charge in [0.25, 0.3) is 0 Å². The zero-order valence-electron chi connectivity index (χ0n) is 12.1. The average Bonchev–Trinajstić information content (AvgIpc) is 3.17. The van der Waals surface area contributed by atoms with Crippen LogP contribution in [0.3, 0.4) is 0 Å². The van der Waals surface area contributed by atoms with Crippen molar-refractivity contribution in [2.75, 3.05) is 13.2 Å². The lowest BCUT2D eigenvalue weighted by Gasteiger charge is -2.23. The lowest BCUT2D eigenvalue weighted by Crippen LogP contribution is -2.42. The van der Waals surface area contributed by atoms with Gasteiger partial charge in [0.05, 0.1) is 0 Å². The molecule has 0 radical (unpaired) electrons. The summed E-state index contributed by atoms with van der Waals surface area (Å²) in [6.45, 7) is 7.15. The normalized spacial score (nSPS) is 17.3. The van der Waals surface area contributed by atoms with Crippen molar-refractivity contribution in [3.63, 3.8) is 0 Å². The summed E-state index contributed by atoms with van der Waals surface area (Å²) in [7, 11) is 0. The van der Waals surface area contributed by atoms with Gasteiger partial charge in [-0.15, -0.1) is 0 Å². The lowest BCUT2D eigenvalue weighted by atomic mass is 10.1. The van der Waals surface area contributed by atoms with Crippen LogP contribution in [0.1, 0.15) is 45.1 Å². The predicted molar refractivity (Wildman–Crippen MR) is 77.7 cm³/mol. The Hall–Kier alpha value is -1.06. The van der Waals surface area contributed by atoms with Crippen molar-refractivity contribution in [2.24, 2.45) is 0 Å². The van der Waals surface area contributed by atoms with Crippen LogP contribution in [0.15, 0.2) is 24.3 Å². The summed E-state index contributed by atoms with van der Waals surface area (Å²) >= 11 is 0. The molecule has 1 aliphatic carbocycles.